The van der Waals surface area contributed by atoms with Gasteiger partial charge in [0.15, 0.2) is 0 Å². The molecule has 138 valence electrons. The van der Waals surface area contributed by atoms with Gasteiger partial charge in [0.25, 0.3) is 0 Å². The molecular weight excluding hydrogens is 344 g/mol. The molecule has 2 unspecified atom stereocenters. The molecule has 4 aromatic rings. The Bertz CT molecular complexity index is 1070. The standard InChI is InChI=1S/C24H22N4/c25-24(15-18-7-3-1-4-8-18)16-22(24)19-11-13-21(14-12-19)28-17-23(26-27-28)20-9-5-2-6-10-20/h1-14,17,22H,15-16,25H2. The van der Waals surface area contributed by atoms with Crippen molar-refractivity contribution in [1.82, 2.24) is 15.0 Å². The molecule has 0 amide bonds. The molecule has 2 N–H and O–H groups in total. The second-order valence-electron chi connectivity index (χ2n) is 7.66. The maximum Gasteiger partial charge on any atom is 0.113 e. The lowest BCUT2D eigenvalue weighted by Gasteiger charge is -2.12. The number of hydrogen-bond acceptors (Lipinski definition) is 3. The van der Waals surface area contributed by atoms with Crippen LogP contribution in [0.5, 0.6) is 0 Å². The molecule has 5 rings (SSSR count). The molecule has 2 atom stereocenters. The predicted octanol–water partition coefficient (Wildman–Crippen LogP) is 4.36. The molecule has 0 aliphatic heterocycles. The van der Waals surface area contributed by atoms with E-state index in [4.69, 9.17) is 5.73 Å². The predicted molar refractivity (Wildman–Crippen MR) is 111 cm³/mol. The monoisotopic (exact) mass is 366 g/mol. The van der Waals surface area contributed by atoms with Crippen LogP contribution in [-0.2, 0) is 6.42 Å². The molecule has 4 heteroatoms. The summed E-state index contributed by atoms with van der Waals surface area (Å²) in [5, 5.41) is 8.57. The highest BCUT2D eigenvalue weighted by Crippen LogP contribution is 2.51. The SMILES string of the molecule is NC1(Cc2ccccc2)CC1c1ccc(-n2cc(-c3ccccc3)nn2)cc1. The van der Waals surface area contributed by atoms with Crippen LogP contribution in [0.25, 0.3) is 16.9 Å². The Morgan fingerprint density at radius 3 is 2.29 bits per heavy atom. The van der Waals surface area contributed by atoms with Crippen molar-refractivity contribution in [2.24, 2.45) is 5.73 Å². The van der Waals surface area contributed by atoms with Crippen molar-refractivity contribution in [1.29, 1.82) is 0 Å². The van der Waals surface area contributed by atoms with Crippen LogP contribution in [0, 0.1) is 0 Å². The van der Waals surface area contributed by atoms with E-state index in [1.165, 1.54) is 11.1 Å². The summed E-state index contributed by atoms with van der Waals surface area (Å²) in [5.74, 6) is 0.414. The minimum absolute atomic E-state index is 0.128. The molecule has 28 heavy (non-hydrogen) atoms. The van der Waals surface area contributed by atoms with Gasteiger partial charge in [-0.3, -0.25) is 0 Å². The van der Waals surface area contributed by atoms with Gasteiger partial charge >= 0.3 is 0 Å². The largest absolute Gasteiger partial charge is 0.324 e. The normalized spacial score (nSPS) is 20.8. The molecule has 1 aliphatic rings. The van der Waals surface area contributed by atoms with E-state index >= 15 is 0 Å². The number of nitrogens with two attached hydrogens (primary N) is 1. The molecule has 1 heterocycles. The number of hydrogen-bond donors (Lipinski definition) is 1. The molecule has 0 bridgehead atoms. The Hall–Kier alpha value is -3.24. The fourth-order valence-corrected chi connectivity index (χ4v) is 3.93. The van der Waals surface area contributed by atoms with E-state index in [1.807, 2.05) is 47.3 Å². The van der Waals surface area contributed by atoms with E-state index in [2.05, 4.69) is 58.8 Å². The molecule has 1 fully saturated rings. The van der Waals surface area contributed by atoms with Crippen molar-refractivity contribution < 1.29 is 0 Å². The van der Waals surface area contributed by atoms with Crippen LogP contribution in [0.15, 0.2) is 91.1 Å². The zero-order valence-corrected chi connectivity index (χ0v) is 15.6. The zero-order valence-electron chi connectivity index (χ0n) is 15.6. The van der Waals surface area contributed by atoms with Crippen molar-refractivity contribution in [3.05, 3.63) is 102 Å². The summed E-state index contributed by atoms with van der Waals surface area (Å²) in [6.07, 6.45) is 3.91. The first-order chi connectivity index (χ1) is 13.7. The lowest BCUT2D eigenvalue weighted by atomic mass is 9.99. The Balaban J connectivity index is 1.31. The summed E-state index contributed by atoms with van der Waals surface area (Å²) >= 11 is 0. The van der Waals surface area contributed by atoms with Crippen LogP contribution in [0.2, 0.25) is 0 Å². The molecule has 1 saturated carbocycles. The van der Waals surface area contributed by atoms with Gasteiger partial charge in [-0.1, -0.05) is 78.0 Å². The number of rotatable bonds is 5. The van der Waals surface area contributed by atoms with Crippen LogP contribution in [0.3, 0.4) is 0 Å². The van der Waals surface area contributed by atoms with E-state index in [0.717, 1.165) is 29.8 Å². The molecule has 0 spiro atoms. The molecule has 0 saturated heterocycles. The van der Waals surface area contributed by atoms with Crippen molar-refractivity contribution in [3.8, 4) is 16.9 Å². The van der Waals surface area contributed by atoms with E-state index in [1.54, 1.807) is 0 Å². The summed E-state index contributed by atoms with van der Waals surface area (Å²) in [7, 11) is 0. The summed E-state index contributed by atoms with van der Waals surface area (Å²) in [6.45, 7) is 0. The van der Waals surface area contributed by atoms with Gasteiger partial charge in [0.05, 0.1) is 11.9 Å². The van der Waals surface area contributed by atoms with Gasteiger partial charge in [-0.05, 0) is 36.1 Å². The maximum absolute atomic E-state index is 6.64. The number of aromatic nitrogens is 3. The highest BCUT2D eigenvalue weighted by atomic mass is 15.4. The van der Waals surface area contributed by atoms with E-state index in [9.17, 15) is 0 Å². The van der Waals surface area contributed by atoms with Crippen LogP contribution in [0.4, 0.5) is 0 Å². The lowest BCUT2D eigenvalue weighted by Crippen LogP contribution is -2.27. The Morgan fingerprint density at radius 1 is 0.893 bits per heavy atom. The molecular formula is C24H22N4. The first-order valence-corrected chi connectivity index (χ1v) is 9.62. The highest BCUT2D eigenvalue weighted by Gasteiger charge is 2.51. The van der Waals surface area contributed by atoms with Gasteiger partial charge in [0.1, 0.15) is 5.69 Å². The summed E-state index contributed by atoms with van der Waals surface area (Å²) < 4.78 is 1.82. The fraction of sp³-hybridized carbons (Fsp3) is 0.167. The Morgan fingerprint density at radius 2 is 1.57 bits per heavy atom. The smallest absolute Gasteiger partial charge is 0.113 e. The highest BCUT2D eigenvalue weighted by molar-refractivity contribution is 5.57. The van der Waals surface area contributed by atoms with Crippen molar-refractivity contribution >= 4 is 0 Å². The quantitative estimate of drug-likeness (QED) is 0.571. The third kappa shape index (κ3) is 3.23. The summed E-state index contributed by atoms with van der Waals surface area (Å²) in [5.41, 5.74) is 12.1. The van der Waals surface area contributed by atoms with Crippen LogP contribution in [-0.4, -0.2) is 20.5 Å². The van der Waals surface area contributed by atoms with Crippen LogP contribution in [0.1, 0.15) is 23.5 Å². The molecule has 3 aromatic carbocycles. The third-order valence-electron chi connectivity index (χ3n) is 5.62. The van der Waals surface area contributed by atoms with E-state index < -0.39 is 0 Å². The lowest BCUT2D eigenvalue weighted by molar-refractivity contribution is 0.646. The van der Waals surface area contributed by atoms with Crippen molar-refractivity contribution in [2.75, 3.05) is 0 Å². The fourth-order valence-electron chi connectivity index (χ4n) is 3.93. The maximum atomic E-state index is 6.64. The molecule has 4 nitrogen and oxygen atoms in total. The van der Waals surface area contributed by atoms with Gasteiger partial charge in [-0.2, -0.15) is 0 Å². The van der Waals surface area contributed by atoms with Crippen LogP contribution < -0.4 is 5.73 Å². The summed E-state index contributed by atoms with van der Waals surface area (Å²) in [4.78, 5) is 0. The van der Waals surface area contributed by atoms with Gasteiger partial charge in [-0.15, -0.1) is 5.10 Å². The van der Waals surface area contributed by atoms with E-state index in [-0.39, 0.29) is 5.54 Å². The third-order valence-corrected chi connectivity index (χ3v) is 5.62. The average Bonchev–Trinajstić information content (AvgIpc) is 3.17. The minimum Gasteiger partial charge on any atom is -0.324 e. The summed E-state index contributed by atoms with van der Waals surface area (Å²) in [6, 6.07) is 29.1. The van der Waals surface area contributed by atoms with Crippen LogP contribution >= 0.6 is 0 Å². The number of nitrogens with zero attached hydrogens (tertiary/aromatic N) is 3. The Labute approximate surface area is 164 Å². The first kappa shape index (κ1) is 16.9. The van der Waals surface area contributed by atoms with Gasteiger partial charge in [0, 0.05) is 17.0 Å². The van der Waals surface area contributed by atoms with Crippen molar-refractivity contribution in [3.63, 3.8) is 0 Å². The number of benzene rings is 3. The average molecular weight is 366 g/mol. The topological polar surface area (TPSA) is 56.7 Å². The molecule has 0 radical (unpaired) electrons. The first-order valence-electron chi connectivity index (χ1n) is 9.62. The molecule has 1 aliphatic carbocycles. The van der Waals surface area contributed by atoms with Gasteiger partial charge in [-0.25, -0.2) is 4.68 Å². The second-order valence-corrected chi connectivity index (χ2v) is 7.66. The second kappa shape index (κ2) is 6.73. The minimum atomic E-state index is -0.128. The molecule has 1 aromatic heterocycles. The van der Waals surface area contributed by atoms with Crippen molar-refractivity contribution in [2.45, 2.75) is 24.3 Å². The van der Waals surface area contributed by atoms with Gasteiger partial charge in [0.2, 0.25) is 0 Å². The van der Waals surface area contributed by atoms with E-state index in [0.29, 0.717) is 5.92 Å². The Kier molecular flexibility index (Phi) is 4.06. The zero-order chi connectivity index (χ0) is 19.0. The van der Waals surface area contributed by atoms with Gasteiger partial charge < -0.3 is 5.73 Å².